The molecule has 0 aromatic heterocycles. The van der Waals surface area contributed by atoms with E-state index >= 15 is 0 Å². The topological polar surface area (TPSA) is 66.9 Å². The molecule has 0 saturated carbocycles. The van der Waals surface area contributed by atoms with Crippen molar-refractivity contribution in [3.8, 4) is 5.75 Å². The SMILES string of the molecule is CCOc1ccc(N2C(=O)N(Cc3cccc(Br)c3)c3ccccc3S2(=O)=O)cc1. The van der Waals surface area contributed by atoms with Gasteiger partial charge in [-0.25, -0.2) is 13.2 Å². The van der Waals surface area contributed by atoms with E-state index in [4.69, 9.17) is 4.74 Å². The van der Waals surface area contributed by atoms with E-state index in [0.29, 0.717) is 18.0 Å². The van der Waals surface area contributed by atoms with Gasteiger partial charge in [0.15, 0.2) is 0 Å². The summed E-state index contributed by atoms with van der Waals surface area (Å²) < 4.78 is 33.8. The summed E-state index contributed by atoms with van der Waals surface area (Å²) in [6.45, 7) is 2.59. The van der Waals surface area contributed by atoms with Gasteiger partial charge in [-0.3, -0.25) is 4.90 Å². The van der Waals surface area contributed by atoms with Crippen molar-refractivity contribution in [3.05, 3.63) is 82.8 Å². The lowest BCUT2D eigenvalue weighted by molar-refractivity contribution is 0.253. The van der Waals surface area contributed by atoms with Crippen molar-refractivity contribution >= 4 is 43.4 Å². The molecule has 154 valence electrons. The van der Waals surface area contributed by atoms with E-state index in [1.807, 2.05) is 31.2 Å². The second-order valence-electron chi connectivity index (χ2n) is 6.66. The van der Waals surface area contributed by atoms with Crippen LogP contribution in [0.15, 0.2) is 82.2 Å². The monoisotopic (exact) mass is 486 g/mol. The number of benzene rings is 3. The maximum absolute atomic E-state index is 13.4. The van der Waals surface area contributed by atoms with Crippen LogP contribution < -0.4 is 13.9 Å². The van der Waals surface area contributed by atoms with E-state index in [0.717, 1.165) is 14.3 Å². The highest BCUT2D eigenvalue weighted by Crippen LogP contribution is 2.38. The van der Waals surface area contributed by atoms with Gasteiger partial charge in [-0.2, -0.15) is 4.31 Å². The average Bonchev–Trinajstić information content (AvgIpc) is 2.73. The Morgan fingerprint density at radius 1 is 0.967 bits per heavy atom. The third-order valence-electron chi connectivity index (χ3n) is 4.69. The summed E-state index contributed by atoms with van der Waals surface area (Å²) in [7, 11) is -4.05. The third kappa shape index (κ3) is 3.68. The number of sulfonamides is 1. The van der Waals surface area contributed by atoms with Gasteiger partial charge in [0.05, 0.1) is 24.5 Å². The smallest absolute Gasteiger partial charge is 0.343 e. The lowest BCUT2D eigenvalue weighted by atomic mass is 10.2. The van der Waals surface area contributed by atoms with Gasteiger partial charge in [-0.15, -0.1) is 0 Å². The van der Waals surface area contributed by atoms with Crippen molar-refractivity contribution in [1.29, 1.82) is 0 Å². The molecule has 4 rings (SSSR count). The summed E-state index contributed by atoms with van der Waals surface area (Å²) in [5.41, 5.74) is 1.50. The highest BCUT2D eigenvalue weighted by Gasteiger charge is 2.42. The minimum atomic E-state index is -4.05. The molecule has 0 unspecified atom stereocenters. The maximum atomic E-state index is 13.4. The molecule has 0 aliphatic carbocycles. The Bertz CT molecular complexity index is 1200. The Kier molecular flexibility index (Phi) is 5.53. The van der Waals surface area contributed by atoms with Crippen molar-refractivity contribution < 1.29 is 17.9 Å². The number of ether oxygens (including phenoxy) is 1. The minimum Gasteiger partial charge on any atom is -0.494 e. The van der Waals surface area contributed by atoms with Crippen molar-refractivity contribution in [2.45, 2.75) is 18.4 Å². The largest absolute Gasteiger partial charge is 0.494 e. The van der Waals surface area contributed by atoms with Gasteiger partial charge in [0, 0.05) is 4.47 Å². The first-order chi connectivity index (χ1) is 14.4. The van der Waals surface area contributed by atoms with Crippen LogP contribution in [0.3, 0.4) is 0 Å². The fourth-order valence-corrected chi connectivity index (χ4v) is 5.42. The zero-order valence-electron chi connectivity index (χ0n) is 16.2. The van der Waals surface area contributed by atoms with E-state index in [-0.39, 0.29) is 17.1 Å². The predicted molar refractivity (Wildman–Crippen MR) is 119 cm³/mol. The van der Waals surface area contributed by atoms with Gasteiger partial charge in [0.25, 0.3) is 10.0 Å². The minimum absolute atomic E-state index is 0.0912. The first kappa shape index (κ1) is 20.4. The molecule has 1 aliphatic rings. The molecule has 30 heavy (non-hydrogen) atoms. The molecule has 3 aromatic carbocycles. The summed E-state index contributed by atoms with van der Waals surface area (Å²) in [4.78, 5) is 15.0. The molecule has 1 heterocycles. The molecule has 6 nitrogen and oxygen atoms in total. The molecular weight excluding hydrogens is 468 g/mol. The number of hydrogen-bond donors (Lipinski definition) is 0. The van der Waals surface area contributed by atoms with Gasteiger partial charge < -0.3 is 4.74 Å². The Balaban J connectivity index is 1.81. The summed E-state index contributed by atoms with van der Waals surface area (Å²) in [5, 5.41) is 0. The van der Waals surface area contributed by atoms with Gasteiger partial charge in [-0.05, 0) is 61.0 Å². The van der Waals surface area contributed by atoms with E-state index in [2.05, 4.69) is 15.9 Å². The lowest BCUT2D eigenvalue weighted by Crippen LogP contribution is -2.50. The molecule has 0 atom stereocenters. The Morgan fingerprint density at radius 2 is 1.70 bits per heavy atom. The van der Waals surface area contributed by atoms with Crippen LogP contribution in [0, 0.1) is 0 Å². The third-order valence-corrected chi connectivity index (χ3v) is 6.93. The highest BCUT2D eigenvalue weighted by molar-refractivity contribution is 9.10. The molecule has 0 saturated heterocycles. The quantitative estimate of drug-likeness (QED) is 0.497. The molecule has 0 bridgehead atoms. The number of nitrogens with zero attached hydrogens (tertiary/aromatic N) is 2. The molecular formula is C22H19BrN2O4S. The van der Waals surface area contributed by atoms with Crippen molar-refractivity contribution in [3.63, 3.8) is 0 Å². The van der Waals surface area contributed by atoms with Crippen LogP contribution >= 0.6 is 15.9 Å². The zero-order chi connectivity index (χ0) is 21.3. The number of amides is 2. The number of carbonyl (C=O) groups excluding carboxylic acids is 1. The van der Waals surface area contributed by atoms with Gasteiger partial charge >= 0.3 is 6.03 Å². The standard InChI is InChI=1S/C22H19BrN2O4S/c1-2-29-19-12-10-18(11-13-19)25-22(26)24(15-16-6-5-7-17(23)14-16)20-8-3-4-9-21(20)30(25,27)28/h3-14H,2,15H2,1H3. The number of hydrogen-bond acceptors (Lipinski definition) is 4. The molecule has 0 fully saturated rings. The Hall–Kier alpha value is -2.84. The maximum Gasteiger partial charge on any atom is 0.343 e. The number of carbonyl (C=O) groups is 1. The first-order valence-corrected chi connectivity index (χ1v) is 11.6. The molecule has 8 heteroatoms. The van der Waals surface area contributed by atoms with Crippen molar-refractivity contribution in [1.82, 2.24) is 0 Å². The molecule has 0 N–H and O–H groups in total. The fraction of sp³-hybridized carbons (Fsp3) is 0.136. The average molecular weight is 487 g/mol. The van der Waals surface area contributed by atoms with Crippen LogP contribution in [0.1, 0.15) is 12.5 Å². The first-order valence-electron chi connectivity index (χ1n) is 9.35. The highest BCUT2D eigenvalue weighted by atomic mass is 79.9. The normalized spacial score (nSPS) is 15.1. The second kappa shape index (κ2) is 8.12. The number of para-hydroxylation sites is 1. The van der Waals surface area contributed by atoms with Crippen LogP contribution in [-0.2, 0) is 16.6 Å². The van der Waals surface area contributed by atoms with Crippen LogP contribution in [0.25, 0.3) is 0 Å². The van der Waals surface area contributed by atoms with Crippen LogP contribution in [0.2, 0.25) is 0 Å². The van der Waals surface area contributed by atoms with E-state index in [1.165, 1.54) is 11.0 Å². The van der Waals surface area contributed by atoms with Gasteiger partial charge in [0.1, 0.15) is 10.6 Å². The molecule has 0 radical (unpaired) electrons. The molecule has 3 aromatic rings. The Morgan fingerprint density at radius 3 is 2.40 bits per heavy atom. The van der Waals surface area contributed by atoms with Crippen molar-refractivity contribution in [2.75, 3.05) is 15.8 Å². The van der Waals surface area contributed by atoms with E-state index < -0.39 is 16.1 Å². The molecule has 2 amide bonds. The van der Waals surface area contributed by atoms with E-state index in [1.54, 1.807) is 42.5 Å². The lowest BCUT2D eigenvalue weighted by Gasteiger charge is -2.36. The summed E-state index contributed by atoms with van der Waals surface area (Å²) in [6, 6.07) is 19.9. The number of anilines is 2. The van der Waals surface area contributed by atoms with E-state index in [9.17, 15) is 13.2 Å². The summed E-state index contributed by atoms with van der Waals surface area (Å²) in [5.74, 6) is 0.606. The van der Waals surface area contributed by atoms with Gasteiger partial charge in [0.2, 0.25) is 0 Å². The second-order valence-corrected chi connectivity index (χ2v) is 9.33. The van der Waals surface area contributed by atoms with Crippen LogP contribution in [0.4, 0.5) is 16.2 Å². The molecule has 0 spiro atoms. The number of halogens is 1. The summed E-state index contributed by atoms with van der Waals surface area (Å²) in [6.07, 6.45) is 0. The number of rotatable bonds is 5. The van der Waals surface area contributed by atoms with Gasteiger partial charge in [-0.1, -0.05) is 40.2 Å². The predicted octanol–water partition coefficient (Wildman–Crippen LogP) is 5.18. The van der Waals surface area contributed by atoms with Crippen molar-refractivity contribution in [2.24, 2.45) is 0 Å². The van der Waals surface area contributed by atoms with Crippen LogP contribution in [-0.4, -0.2) is 21.1 Å². The number of fused-ring (bicyclic) bond motifs is 1. The fourth-order valence-electron chi connectivity index (χ4n) is 3.38. The molecule has 1 aliphatic heterocycles. The number of urea groups is 1. The van der Waals surface area contributed by atoms with Crippen LogP contribution in [0.5, 0.6) is 5.75 Å². The summed E-state index contributed by atoms with van der Waals surface area (Å²) >= 11 is 3.44. The zero-order valence-corrected chi connectivity index (χ0v) is 18.6. The Labute approximate surface area is 183 Å².